The Morgan fingerprint density at radius 1 is 1.16 bits per heavy atom. The number of hydrogen-bond donors (Lipinski definition) is 2. The summed E-state index contributed by atoms with van der Waals surface area (Å²) < 4.78 is 1.04. The van der Waals surface area contributed by atoms with Crippen molar-refractivity contribution < 1.29 is 9.59 Å². The van der Waals surface area contributed by atoms with Crippen LogP contribution in [0.25, 0.3) is 0 Å². The van der Waals surface area contributed by atoms with Crippen LogP contribution in [0.1, 0.15) is 18.4 Å². The first-order valence-electron chi connectivity index (χ1n) is 8.23. The Kier molecular flexibility index (Phi) is 5.38. The zero-order valence-corrected chi connectivity index (χ0v) is 15.6. The second-order valence-electron chi connectivity index (χ2n) is 6.06. The third-order valence-corrected chi connectivity index (χ3v) is 5.04. The number of benzene rings is 2. The lowest BCUT2D eigenvalue weighted by atomic mass is 10.2. The monoisotopic (exact) mass is 401 g/mol. The Balaban J connectivity index is 1.54. The SMILES string of the molecule is Cc1cc(NCC(=O)Nc2ccc(N3CCCC3=O)cc2)ccc1Br. The lowest BCUT2D eigenvalue weighted by Crippen LogP contribution is -2.24. The maximum absolute atomic E-state index is 12.1. The van der Waals surface area contributed by atoms with E-state index >= 15 is 0 Å². The zero-order valence-electron chi connectivity index (χ0n) is 14.0. The van der Waals surface area contributed by atoms with Crippen LogP contribution in [0.4, 0.5) is 17.1 Å². The molecule has 130 valence electrons. The summed E-state index contributed by atoms with van der Waals surface area (Å²) in [6.07, 6.45) is 1.51. The molecular formula is C19H20BrN3O2. The summed E-state index contributed by atoms with van der Waals surface area (Å²) >= 11 is 3.46. The Morgan fingerprint density at radius 3 is 2.52 bits per heavy atom. The summed E-state index contributed by atoms with van der Waals surface area (Å²) in [5.41, 5.74) is 3.61. The summed E-state index contributed by atoms with van der Waals surface area (Å²) in [6.45, 7) is 2.95. The fourth-order valence-corrected chi connectivity index (χ4v) is 3.03. The van der Waals surface area contributed by atoms with E-state index < -0.39 is 0 Å². The average Bonchev–Trinajstić information content (AvgIpc) is 3.03. The molecule has 1 aliphatic rings. The first-order valence-corrected chi connectivity index (χ1v) is 9.02. The number of halogens is 1. The molecule has 0 unspecified atom stereocenters. The van der Waals surface area contributed by atoms with Crippen LogP contribution in [0.3, 0.4) is 0 Å². The molecule has 2 aromatic carbocycles. The van der Waals surface area contributed by atoms with E-state index in [0.29, 0.717) is 12.1 Å². The lowest BCUT2D eigenvalue weighted by Gasteiger charge is -2.16. The summed E-state index contributed by atoms with van der Waals surface area (Å²) in [7, 11) is 0. The average molecular weight is 402 g/mol. The number of anilines is 3. The van der Waals surface area contributed by atoms with E-state index in [1.54, 1.807) is 4.90 Å². The molecule has 0 radical (unpaired) electrons. The Hall–Kier alpha value is -2.34. The van der Waals surface area contributed by atoms with Gasteiger partial charge in [-0.2, -0.15) is 0 Å². The van der Waals surface area contributed by atoms with E-state index in [4.69, 9.17) is 0 Å². The Labute approximate surface area is 155 Å². The van der Waals surface area contributed by atoms with Crippen molar-refractivity contribution in [2.45, 2.75) is 19.8 Å². The maximum Gasteiger partial charge on any atom is 0.243 e. The standard InChI is InChI=1S/C19H20BrN3O2/c1-13-11-15(6-9-17(13)20)21-12-18(24)22-14-4-7-16(8-5-14)23-10-2-3-19(23)25/h4-9,11,21H,2-3,10,12H2,1H3,(H,22,24). The molecule has 1 aliphatic heterocycles. The summed E-state index contributed by atoms with van der Waals surface area (Å²) in [5.74, 6) is 0.0383. The first-order chi connectivity index (χ1) is 12.0. The van der Waals surface area contributed by atoms with Gasteiger partial charge in [0.15, 0.2) is 0 Å². The minimum absolute atomic E-state index is 0.120. The predicted molar refractivity (Wildman–Crippen MR) is 104 cm³/mol. The van der Waals surface area contributed by atoms with Gasteiger partial charge < -0.3 is 15.5 Å². The van der Waals surface area contributed by atoms with Crippen LogP contribution in [-0.4, -0.2) is 24.9 Å². The van der Waals surface area contributed by atoms with Crippen LogP contribution in [0.2, 0.25) is 0 Å². The smallest absolute Gasteiger partial charge is 0.243 e. The van der Waals surface area contributed by atoms with E-state index in [1.807, 2.05) is 49.4 Å². The van der Waals surface area contributed by atoms with Crippen molar-refractivity contribution in [2.24, 2.45) is 0 Å². The number of carbonyl (C=O) groups is 2. The van der Waals surface area contributed by atoms with Gasteiger partial charge in [0.25, 0.3) is 0 Å². The van der Waals surface area contributed by atoms with Gasteiger partial charge in [0.2, 0.25) is 11.8 Å². The van der Waals surface area contributed by atoms with E-state index in [1.165, 1.54) is 0 Å². The number of carbonyl (C=O) groups excluding carboxylic acids is 2. The summed E-state index contributed by atoms with van der Waals surface area (Å²) in [6, 6.07) is 13.2. The molecule has 6 heteroatoms. The van der Waals surface area contributed by atoms with Crippen molar-refractivity contribution >= 4 is 44.8 Å². The molecule has 0 bridgehead atoms. The molecule has 0 spiro atoms. The highest BCUT2D eigenvalue weighted by atomic mass is 79.9. The van der Waals surface area contributed by atoms with Gasteiger partial charge in [0.05, 0.1) is 6.54 Å². The molecule has 2 aromatic rings. The second-order valence-corrected chi connectivity index (χ2v) is 6.92. The van der Waals surface area contributed by atoms with E-state index in [-0.39, 0.29) is 18.4 Å². The van der Waals surface area contributed by atoms with Crippen LogP contribution < -0.4 is 15.5 Å². The molecule has 0 aliphatic carbocycles. The number of aryl methyl sites for hydroxylation is 1. The molecule has 5 nitrogen and oxygen atoms in total. The maximum atomic E-state index is 12.1. The normalized spacial score (nSPS) is 13.8. The summed E-state index contributed by atoms with van der Waals surface area (Å²) in [5, 5.41) is 5.96. The molecule has 0 saturated carbocycles. The van der Waals surface area contributed by atoms with Gasteiger partial charge in [0.1, 0.15) is 0 Å². The van der Waals surface area contributed by atoms with Gasteiger partial charge in [-0.1, -0.05) is 15.9 Å². The van der Waals surface area contributed by atoms with Crippen LogP contribution in [0, 0.1) is 6.92 Å². The van der Waals surface area contributed by atoms with Crippen molar-refractivity contribution in [1.29, 1.82) is 0 Å². The largest absolute Gasteiger partial charge is 0.376 e. The van der Waals surface area contributed by atoms with Gasteiger partial charge in [-0.3, -0.25) is 9.59 Å². The molecule has 2 amide bonds. The van der Waals surface area contributed by atoms with Crippen molar-refractivity contribution in [3.63, 3.8) is 0 Å². The fourth-order valence-electron chi connectivity index (χ4n) is 2.79. The highest BCUT2D eigenvalue weighted by Crippen LogP contribution is 2.23. The first kappa shape index (κ1) is 17.5. The van der Waals surface area contributed by atoms with Gasteiger partial charge in [-0.05, 0) is 61.4 Å². The number of nitrogens with zero attached hydrogens (tertiary/aromatic N) is 1. The van der Waals surface area contributed by atoms with Gasteiger partial charge >= 0.3 is 0 Å². The molecule has 3 rings (SSSR count). The van der Waals surface area contributed by atoms with Crippen molar-refractivity contribution in [1.82, 2.24) is 0 Å². The molecule has 1 saturated heterocycles. The minimum atomic E-state index is -0.120. The molecule has 1 heterocycles. The molecular weight excluding hydrogens is 382 g/mol. The predicted octanol–water partition coefficient (Wildman–Crippen LogP) is 3.93. The van der Waals surface area contributed by atoms with Crippen LogP contribution >= 0.6 is 15.9 Å². The molecule has 0 atom stereocenters. The number of rotatable bonds is 5. The molecule has 25 heavy (non-hydrogen) atoms. The van der Waals surface area contributed by atoms with E-state index in [0.717, 1.165) is 34.4 Å². The zero-order chi connectivity index (χ0) is 17.8. The third-order valence-electron chi connectivity index (χ3n) is 4.15. The second kappa shape index (κ2) is 7.70. The highest BCUT2D eigenvalue weighted by molar-refractivity contribution is 9.10. The van der Waals surface area contributed by atoms with Crippen LogP contribution in [0.15, 0.2) is 46.9 Å². The minimum Gasteiger partial charge on any atom is -0.376 e. The number of amides is 2. The van der Waals surface area contributed by atoms with Crippen LogP contribution in [0.5, 0.6) is 0 Å². The van der Waals surface area contributed by atoms with Crippen molar-refractivity contribution in [3.8, 4) is 0 Å². The van der Waals surface area contributed by atoms with Gasteiger partial charge in [0, 0.05) is 34.5 Å². The van der Waals surface area contributed by atoms with E-state index in [2.05, 4.69) is 26.6 Å². The molecule has 1 fully saturated rings. The Morgan fingerprint density at radius 2 is 1.88 bits per heavy atom. The molecule has 0 aromatic heterocycles. The van der Waals surface area contributed by atoms with Gasteiger partial charge in [-0.25, -0.2) is 0 Å². The quantitative estimate of drug-likeness (QED) is 0.797. The molecule has 2 N–H and O–H groups in total. The lowest BCUT2D eigenvalue weighted by molar-refractivity contribution is -0.117. The highest BCUT2D eigenvalue weighted by Gasteiger charge is 2.21. The third kappa shape index (κ3) is 4.39. The summed E-state index contributed by atoms with van der Waals surface area (Å²) in [4.78, 5) is 25.6. The number of nitrogens with one attached hydrogen (secondary N) is 2. The fraction of sp³-hybridized carbons (Fsp3) is 0.263. The van der Waals surface area contributed by atoms with E-state index in [9.17, 15) is 9.59 Å². The van der Waals surface area contributed by atoms with Crippen molar-refractivity contribution in [3.05, 3.63) is 52.5 Å². The Bertz CT molecular complexity index is 790. The number of hydrogen-bond acceptors (Lipinski definition) is 3. The van der Waals surface area contributed by atoms with Crippen LogP contribution in [-0.2, 0) is 9.59 Å². The van der Waals surface area contributed by atoms with Crippen molar-refractivity contribution in [2.75, 3.05) is 28.6 Å². The van der Waals surface area contributed by atoms with Gasteiger partial charge in [-0.15, -0.1) is 0 Å². The topological polar surface area (TPSA) is 61.4 Å².